The first-order valence-electron chi connectivity index (χ1n) is 4.69. The van der Waals surface area contributed by atoms with Crippen molar-refractivity contribution in [2.75, 3.05) is 0 Å². The van der Waals surface area contributed by atoms with Gasteiger partial charge in [-0.05, 0) is 13.8 Å². The predicted molar refractivity (Wildman–Crippen MR) is 62.8 cm³/mol. The van der Waals surface area contributed by atoms with Gasteiger partial charge in [0.25, 0.3) is 5.69 Å². The van der Waals surface area contributed by atoms with Gasteiger partial charge in [0.1, 0.15) is 0 Å². The first-order valence-corrected chi connectivity index (χ1v) is 5.46. The third-order valence-electron chi connectivity index (χ3n) is 2.35. The molecule has 0 aromatic carbocycles. The SMILES string of the molecule is CC(C)C1=[N+]([S-])c2[nH]c(=O)[nH]c(=O)c2[NH+]1[S-]. The number of aromatic amines is 2. The topological polar surface area (TPSA) is 73.2 Å². The van der Waals surface area contributed by atoms with E-state index in [4.69, 9.17) is 25.6 Å². The van der Waals surface area contributed by atoms with Crippen molar-refractivity contribution in [1.29, 1.82) is 0 Å². The number of aromatic nitrogens is 2. The standard InChI is InChI=1S/C8H10N4O2S2/c1-3(2)7-11(15)4-5(12(7)16)9-8(14)10-6(4)13/h3,11H,1-2H3,(H2,9,10,13,14). The van der Waals surface area contributed by atoms with Crippen LogP contribution in [0.4, 0.5) is 11.5 Å². The van der Waals surface area contributed by atoms with E-state index in [2.05, 4.69) is 9.97 Å². The summed E-state index contributed by atoms with van der Waals surface area (Å²) >= 11 is 10.3. The minimum Gasteiger partial charge on any atom is -0.549 e. The summed E-state index contributed by atoms with van der Waals surface area (Å²) in [5, 5.41) is 0. The first kappa shape index (κ1) is 11.4. The molecule has 0 aliphatic carbocycles. The molecular weight excluding hydrogens is 248 g/mol. The second-order valence-corrected chi connectivity index (χ2v) is 4.57. The second kappa shape index (κ2) is 3.72. The Labute approximate surface area is 102 Å². The van der Waals surface area contributed by atoms with Crippen LogP contribution < -0.4 is 15.6 Å². The Balaban J connectivity index is 2.77. The summed E-state index contributed by atoms with van der Waals surface area (Å²) in [5.41, 5.74) is -0.783. The molecule has 6 nitrogen and oxygen atoms in total. The van der Waals surface area contributed by atoms with E-state index in [1.807, 2.05) is 13.8 Å². The summed E-state index contributed by atoms with van der Waals surface area (Å²) < 4.78 is 1.77. The zero-order valence-electron chi connectivity index (χ0n) is 8.66. The lowest BCUT2D eigenvalue weighted by atomic mass is 10.2. The lowest BCUT2D eigenvalue weighted by molar-refractivity contribution is -0.576. The highest BCUT2D eigenvalue weighted by atomic mass is 32.1. The quantitative estimate of drug-likeness (QED) is 0.411. The fourth-order valence-electron chi connectivity index (χ4n) is 1.67. The maximum Gasteiger partial charge on any atom is 0.413 e. The normalized spacial score (nSPS) is 19.4. The summed E-state index contributed by atoms with van der Waals surface area (Å²) in [6, 6.07) is 0. The molecule has 0 fully saturated rings. The predicted octanol–water partition coefficient (Wildman–Crippen LogP) is -1.78. The molecule has 16 heavy (non-hydrogen) atoms. The molecule has 8 heteroatoms. The average molecular weight is 258 g/mol. The fraction of sp³-hybridized carbons (Fsp3) is 0.375. The molecule has 1 aromatic heterocycles. The molecule has 3 N–H and O–H groups in total. The van der Waals surface area contributed by atoms with Gasteiger partial charge in [-0.25, -0.2) is 9.78 Å². The molecule has 1 aliphatic heterocycles. The smallest absolute Gasteiger partial charge is 0.413 e. The van der Waals surface area contributed by atoms with Gasteiger partial charge in [-0.15, -0.1) is 0 Å². The Kier molecular flexibility index (Phi) is 2.64. The molecule has 0 spiro atoms. The van der Waals surface area contributed by atoms with Gasteiger partial charge in [0.15, 0.2) is 0 Å². The van der Waals surface area contributed by atoms with Crippen molar-refractivity contribution in [1.82, 2.24) is 9.97 Å². The molecule has 0 saturated carbocycles. The van der Waals surface area contributed by atoms with E-state index >= 15 is 0 Å². The summed E-state index contributed by atoms with van der Waals surface area (Å²) in [6.45, 7) is 3.86. The van der Waals surface area contributed by atoms with Gasteiger partial charge in [0, 0.05) is 0 Å². The molecule has 2 rings (SSSR count). The van der Waals surface area contributed by atoms with Crippen LogP contribution >= 0.6 is 0 Å². The van der Waals surface area contributed by atoms with Crippen LogP contribution in [0, 0.1) is 5.92 Å². The van der Waals surface area contributed by atoms with Crippen LogP contribution in [0.15, 0.2) is 9.59 Å². The summed E-state index contributed by atoms with van der Waals surface area (Å²) in [4.78, 5) is 27.4. The highest BCUT2D eigenvalue weighted by Gasteiger charge is 2.35. The minimum atomic E-state index is -0.577. The lowest BCUT2D eigenvalue weighted by Gasteiger charge is -2.19. The van der Waals surface area contributed by atoms with Gasteiger partial charge in [-0.2, -0.15) is 4.98 Å². The molecule has 0 saturated heterocycles. The number of amidine groups is 1. The number of H-pyrrole nitrogens is 2. The Morgan fingerprint density at radius 2 is 1.94 bits per heavy atom. The molecule has 86 valence electrons. The van der Waals surface area contributed by atoms with Crippen molar-refractivity contribution in [2.24, 2.45) is 5.92 Å². The van der Waals surface area contributed by atoms with Crippen molar-refractivity contribution in [3.63, 3.8) is 0 Å². The Morgan fingerprint density at radius 1 is 1.31 bits per heavy atom. The Hall–Kier alpha value is -1.12. The average Bonchev–Trinajstić information content (AvgIpc) is 2.38. The lowest BCUT2D eigenvalue weighted by Crippen LogP contribution is -3.06. The van der Waals surface area contributed by atoms with Gasteiger partial charge in [0.2, 0.25) is 5.84 Å². The number of hydrogen-bond acceptors (Lipinski definition) is 4. The summed E-state index contributed by atoms with van der Waals surface area (Å²) in [7, 11) is 0. The van der Waals surface area contributed by atoms with Crippen LogP contribution in [0.25, 0.3) is 0 Å². The van der Waals surface area contributed by atoms with Gasteiger partial charge in [-0.3, -0.25) is 8.78 Å². The summed E-state index contributed by atoms with van der Waals surface area (Å²) in [6.07, 6.45) is 0. The van der Waals surface area contributed by atoms with Crippen LogP contribution in [0.1, 0.15) is 13.8 Å². The van der Waals surface area contributed by atoms with Gasteiger partial charge < -0.3 is 29.9 Å². The molecule has 0 bridgehead atoms. The molecule has 0 amide bonds. The Morgan fingerprint density at radius 3 is 2.50 bits per heavy atom. The van der Waals surface area contributed by atoms with Crippen molar-refractivity contribution in [2.45, 2.75) is 13.8 Å². The first-order chi connectivity index (χ1) is 7.43. The van der Waals surface area contributed by atoms with E-state index in [0.717, 1.165) is 0 Å². The van der Waals surface area contributed by atoms with E-state index in [9.17, 15) is 9.59 Å². The molecule has 1 atom stereocenters. The molecule has 1 aromatic rings. The number of fused-ring (bicyclic) bond motifs is 1. The van der Waals surface area contributed by atoms with Crippen molar-refractivity contribution in [3.05, 3.63) is 20.8 Å². The molecule has 0 radical (unpaired) electrons. The van der Waals surface area contributed by atoms with Crippen molar-refractivity contribution < 1.29 is 8.29 Å². The van der Waals surface area contributed by atoms with Crippen molar-refractivity contribution >= 4 is 43.0 Å². The monoisotopic (exact) mass is 258 g/mol. The van der Waals surface area contributed by atoms with Crippen LogP contribution in [-0.2, 0) is 25.6 Å². The number of nitrogens with zero attached hydrogens (tertiary/aromatic N) is 1. The highest BCUT2D eigenvalue weighted by Crippen LogP contribution is 2.16. The third kappa shape index (κ3) is 1.49. The zero-order chi connectivity index (χ0) is 12.0. The number of quaternary nitrogens is 1. The molecule has 2 heterocycles. The number of hydrogen-bond donors (Lipinski definition) is 3. The zero-order valence-corrected chi connectivity index (χ0v) is 10.3. The van der Waals surface area contributed by atoms with Crippen LogP contribution in [-0.4, -0.2) is 19.8 Å². The van der Waals surface area contributed by atoms with E-state index in [1.54, 1.807) is 0 Å². The van der Waals surface area contributed by atoms with Gasteiger partial charge in [0.05, 0.1) is 5.92 Å². The maximum atomic E-state index is 11.6. The van der Waals surface area contributed by atoms with E-state index < -0.39 is 11.2 Å². The van der Waals surface area contributed by atoms with Gasteiger partial charge >= 0.3 is 17.1 Å². The second-order valence-electron chi connectivity index (χ2n) is 3.80. The van der Waals surface area contributed by atoms with E-state index in [1.165, 1.54) is 3.98 Å². The number of rotatable bonds is 1. The van der Waals surface area contributed by atoms with E-state index in [0.29, 0.717) is 16.0 Å². The summed E-state index contributed by atoms with van der Waals surface area (Å²) in [5.74, 6) is 1.10. The third-order valence-corrected chi connectivity index (χ3v) is 3.14. The van der Waals surface area contributed by atoms with Crippen molar-refractivity contribution in [3.8, 4) is 0 Å². The fourth-order valence-corrected chi connectivity index (χ4v) is 2.69. The highest BCUT2D eigenvalue weighted by molar-refractivity contribution is 7.52. The minimum absolute atomic E-state index is 0.0975. The molecule has 1 aliphatic rings. The maximum absolute atomic E-state index is 11.6. The number of nitrogens with one attached hydrogen (secondary N) is 3. The van der Waals surface area contributed by atoms with Crippen LogP contribution in [0.3, 0.4) is 0 Å². The Bertz CT molecular complexity index is 586. The molecular formula is C8H10N4O2S2. The van der Waals surface area contributed by atoms with Crippen LogP contribution in [0.2, 0.25) is 0 Å². The van der Waals surface area contributed by atoms with Gasteiger partial charge in [-0.1, -0.05) is 0 Å². The molecule has 1 unspecified atom stereocenters. The van der Waals surface area contributed by atoms with Crippen LogP contribution in [0.5, 0.6) is 0 Å². The largest absolute Gasteiger partial charge is 0.549 e. The van der Waals surface area contributed by atoms with E-state index in [-0.39, 0.29) is 11.6 Å².